The largest absolute Gasteiger partial charge is 0.301 e. The number of thioether (sulfide) groups is 1. The summed E-state index contributed by atoms with van der Waals surface area (Å²) in [5.41, 5.74) is 4.33. The molecule has 3 aromatic rings. The van der Waals surface area contributed by atoms with Gasteiger partial charge in [-0.3, -0.25) is 4.79 Å². The standard InChI is InChI=1S/C15H16N6OS2/c1-9-6-10(2)13(11(3)7-9)21-15(18-19-20-21)24-8-12(22)17-14-16-4-5-23-14/h4-7H,8H2,1-3H3,(H,16,17,22). The fraction of sp³-hybridized carbons (Fsp3) is 0.267. The average Bonchev–Trinajstić information content (AvgIpc) is 3.16. The van der Waals surface area contributed by atoms with Crippen LogP contribution in [0.5, 0.6) is 0 Å². The van der Waals surface area contributed by atoms with Gasteiger partial charge in [0, 0.05) is 11.6 Å². The van der Waals surface area contributed by atoms with Crippen LogP contribution < -0.4 is 5.32 Å². The highest BCUT2D eigenvalue weighted by atomic mass is 32.2. The van der Waals surface area contributed by atoms with Crippen molar-refractivity contribution >= 4 is 34.1 Å². The highest BCUT2D eigenvalue weighted by Gasteiger charge is 2.15. The quantitative estimate of drug-likeness (QED) is 0.704. The predicted molar refractivity (Wildman–Crippen MR) is 94.8 cm³/mol. The van der Waals surface area contributed by atoms with Crippen LogP contribution in [0, 0.1) is 20.8 Å². The molecule has 1 amide bonds. The van der Waals surface area contributed by atoms with Gasteiger partial charge in [-0.1, -0.05) is 29.5 Å². The van der Waals surface area contributed by atoms with Crippen molar-refractivity contribution < 1.29 is 4.79 Å². The number of thiazole rings is 1. The van der Waals surface area contributed by atoms with Crippen LogP contribution in [0.3, 0.4) is 0 Å². The zero-order valence-corrected chi connectivity index (χ0v) is 15.1. The van der Waals surface area contributed by atoms with E-state index < -0.39 is 0 Å². The molecule has 0 radical (unpaired) electrons. The van der Waals surface area contributed by atoms with E-state index in [9.17, 15) is 4.79 Å². The van der Waals surface area contributed by atoms with E-state index in [2.05, 4.69) is 44.9 Å². The van der Waals surface area contributed by atoms with Gasteiger partial charge in [0.2, 0.25) is 11.1 Å². The van der Waals surface area contributed by atoms with Crippen LogP contribution in [0.4, 0.5) is 5.13 Å². The number of rotatable bonds is 5. The molecule has 7 nitrogen and oxygen atoms in total. The zero-order valence-electron chi connectivity index (χ0n) is 13.5. The molecule has 2 aromatic heterocycles. The normalized spacial score (nSPS) is 10.8. The van der Waals surface area contributed by atoms with Gasteiger partial charge in [-0.05, 0) is 42.3 Å². The lowest BCUT2D eigenvalue weighted by atomic mass is 10.1. The van der Waals surface area contributed by atoms with Gasteiger partial charge in [-0.25, -0.2) is 4.98 Å². The number of hydrogen-bond donors (Lipinski definition) is 1. The van der Waals surface area contributed by atoms with Crippen molar-refractivity contribution in [1.29, 1.82) is 0 Å². The summed E-state index contributed by atoms with van der Waals surface area (Å²) in [7, 11) is 0. The summed E-state index contributed by atoms with van der Waals surface area (Å²) >= 11 is 2.67. The third-order valence-corrected chi connectivity index (χ3v) is 4.91. The molecule has 2 heterocycles. The first-order chi connectivity index (χ1) is 11.5. The van der Waals surface area contributed by atoms with Gasteiger partial charge >= 0.3 is 0 Å². The molecule has 1 aromatic carbocycles. The third kappa shape index (κ3) is 3.62. The third-order valence-electron chi connectivity index (χ3n) is 3.30. The summed E-state index contributed by atoms with van der Waals surface area (Å²) in [6, 6.07) is 4.18. The van der Waals surface area contributed by atoms with E-state index in [1.807, 2.05) is 19.2 Å². The number of aryl methyl sites for hydroxylation is 3. The van der Waals surface area contributed by atoms with E-state index >= 15 is 0 Å². The number of nitrogens with zero attached hydrogens (tertiary/aromatic N) is 5. The van der Waals surface area contributed by atoms with Crippen LogP contribution in [0.2, 0.25) is 0 Å². The highest BCUT2D eigenvalue weighted by molar-refractivity contribution is 7.99. The van der Waals surface area contributed by atoms with E-state index in [-0.39, 0.29) is 11.7 Å². The molecule has 1 N–H and O–H groups in total. The molecule has 24 heavy (non-hydrogen) atoms. The molecule has 0 bridgehead atoms. The summed E-state index contributed by atoms with van der Waals surface area (Å²) in [4.78, 5) is 16.0. The molecule has 0 fully saturated rings. The number of carbonyl (C=O) groups is 1. The molecule has 124 valence electrons. The number of hydrogen-bond acceptors (Lipinski definition) is 7. The van der Waals surface area contributed by atoms with Crippen molar-refractivity contribution in [3.63, 3.8) is 0 Å². The highest BCUT2D eigenvalue weighted by Crippen LogP contribution is 2.24. The maximum absolute atomic E-state index is 12.0. The number of aromatic nitrogens is 5. The van der Waals surface area contributed by atoms with Crippen LogP contribution in [-0.2, 0) is 4.79 Å². The van der Waals surface area contributed by atoms with E-state index in [4.69, 9.17) is 0 Å². The van der Waals surface area contributed by atoms with Gasteiger partial charge in [0.05, 0.1) is 11.4 Å². The van der Waals surface area contributed by atoms with Crippen LogP contribution in [0.1, 0.15) is 16.7 Å². The molecule has 0 spiro atoms. The van der Waals surface area contributed by atoms with Gasteiger partial charge in [0.1, 0.15) is 0 Å². The topological polar surface area (TPSA) is 85.6 Å². The molecule has 0 atom stereocenters. The van der Waals surface area contributed by atoms with Crippen LogP contribution in [0.15, 0.2) is 28.9 Å². The summed E-state index contributed by atoms with van der Waals surface area (Å²) in [5.74, 6) is 0.0750. The zero-order chi connectivity index (χ0) is 17.1. The monoisotopic (exact) mass is 360 g/mol. The molecule has 0 aliphatic carbocycles. The predicted octanol–water partition coefficient (Wildman–Crippen LogP) is 2.77. The van der Waals surface area contributed by atoms with E-state index in [0.717, 1.165) is 16.8 Å². The van der Waals surface area contributed by atoms with E-state index in [0.29, 0.717) is 10.3 Å². The first-order valence-corrected chi connectivity index (χ1v) is 9.10. The summed E-state index contributed by atoms with van der Waals surface area (Å²) in [6.07, 6.45) is 1.65. The van der Waals surface area contributed by atoms with Gasteiger partial charge in [0.25, 0.3) is 0 Å². The van der Waals surface area contributed by atoms with Crippen molar-refractivity contribution in [2.45, 2.75) is 25.9 Å². The average molecular weight is 360 g/mol. The number of amides is 1. The first kappa shape index (κ1) is 16.6. The van der Waals surface area contributed by atoms with Crippen LogP contribution >= 0.6 is 23.1 Å². The van der Waals surface area contributed by atoms with Gasteiger partial charge in [0.15, 0.2) is 5.13 Å². The fourth-order valence-electron chi connectivity index (χ4n) is 2.49. The Balaban J connectivity index is 1.75. The van der Waals surface area contributed by atoms with Crippen molar-refractivity contribution in [3.05, 3.63) is 40.4 Å². The van der Waals surface area contributed by atoms with Crippen LogP contribution in [-0.4, -0.2) is 36.9 Å². The number of anilines is 1. The van der Waals surface area contributed by atoms with Gasteiger partial charge in [-0.2, -0.15) is 4.68 Å². The van der Waals surface area contributed by atoms with Crippen molar-refractivity contribution in [2.75, 3.05) is 11.1 Å². The second-order valence-corrected chi connectivity index (χ2v) is 7.13. The minimum Gasteiger partial charge on any atom is -0.301 e. The van der Waals surface area contributed by atoms with Crippen molar-refractivity contribution in [1.82, 2.24) is 25.2 Å². The lowest BCUT2D eigenvalue weighted by Crippen LogP contribution is -2.14. The lowest BCUT2D eigenvalue weighted by Gasteiger charge is -2.12. The van der Waals surface area contributed by atoms with E-state index in [1.54, 1.807) is 10.9 Å². The molecule has 3 rings (SSSR count). The SMILES string of the molecule is Cc1cc(C)c(-n2nnnc2SCC(=O)Nc2nccs2)c(C)c1. The smallest absolute Gasteiger partial charge is 0.236 e. The Morgan fingerprint density at radius 1 is 1.29 bits per heavy atom. The second kappa shape index (κ2) is 7.10. The van der Waals surface area contributed by atoms with Crippen molar-refractivity contribution in [3.8, 4) is 5.69 Å². The Morgan fingerprint density at radius 2 is 2.04 bits per heavy atom. The Labute approximate surface area is 147 Å². The molecule has 0 aliphatic rings. The van der Waals surface area contributed by atoms with Gasteiger partial charge in [-0.15, -0.1) is 16.4 Å². The van der Waals surface area contributed by atoms with Crippen LogP contribution in [0.25, 0.3) is 5.69 Å². The van der Waals surface area contributed by atoms with Gasteiger partial charge < -0.3 is 5.32 Å². The molecule has 0 saturated heterocycles. The molecular weight excluding hydrogens is 344 g/mol. The first-order valence-electron chi connectivity index (χ1n) is 7.23. The van der Waals surface area contributed by atoms with E-state index in [1.165, 1.54) is 28.7 Å². The van der Waals surface area contributed by atoms with Crippen molar-refractivity contribution in [2.24, 2.45) is 0 Å². The Hall–Kier alpha value is -2.26. The number of benzene rings is 1. The fourth-order valence-corrected chi connectivity index (χ4v) is 3.71. The molecule has 0 aliphatic heterocycles. The summed E-state index contributed by atoms with van der Waals surface area (Å²) < 4.78 is 1.69. The molecular formula is C15H16N6OS2. The molecule has 9 heteroatoms. The number of carbonyl (C=O) groups excluding carboxylic acids is 1. The molecule has 0 unspecified atom stereocenters. The Kier molecular flexibility index (Phi) is 4.91. The minimum atomic E-state index is -0.137. The second-order valence-electron chi connectivity index (χ2n) is 5.29. The Bertz CT molecular complexity index is 836. The summed E-state index contributed by atoms with van der Waals surface area (Å²) in [6.45, 7) is 6.11. The number of tetrazole rings is 1. The molecule has 0 saturated carbocycles. The summed E-state index contributed by atoms with van der Waals surface area (Å²) in [5, 5.41) is 17.6. The number of nitrogens with one attached hydrogen (secondary N) is 1. The maximum Gasteiger partial charge on any atom is 0.236 e. The lowest BCUT2D eigenvalue weighted by molar-refractivity contribution is -0.113. The maximum atomic E-state index is 12.0. The Morgan fingerprint density at radius 3 is 2.71 bits per heavy atom. The minimum absolute atomic E-state index is 0.137.